The summed E-state index contributed by atoms with van der Waals surface area (Å²) in [5.41, 5.74) is 7.89. The van der Waals surface area contributed by atoms with Crippen molar-refractivity contribution in [3.63, 3.8) is 0 Å². The molecule has 0 atom stereocenters. The third-order valence-electron chi connectivity index (χ3n) is 14.7. The van der Waals surface area contributed by atoms with Crippen molar-refractivity contribution in [2.75, 3.05) is 47.7 Å². The number of benzene rings is 8. The molecular formula is C74H80Cl2F2N8O16S4. The summed E-state index contributed by atoms with van der Waals surface area (Å²) >= 11 is 12.9. The second-order valence-electron chi connectivity index (χ2n) is 23.0. The topological polar surface area (TPSA) is 384 Å². The molecule has 0 aliphatic heterocycles. The van der Waals surface area contributed by atoms with Gasteiger partial charge in [-0.2, -0.15) is 16.8 Å². The molecule has 4 heterocycles. The molecule has 10 N–H and O–H groups in total. The number of aromatic nitrogens is 4. The number of hydrogen-bond donors (Lipinski definition) is 6. The third-order valence-corrected chi connectivity index (χ3v) is 18.9. The number of anilines is 4. The van der Waals surface area contributed by atoms with Gasteiger partial charge in [-0.05, 0) is 171 Å². The van der Waals surface area contributed by atoms with Crippen molar-refractivity contribution >= 4 is 108 Å². The lowest BCUT2D eigenvalue weighted by Crippen LogP contribution is -2.21. The lowest BCUT2D eigenvalue weighted by Gasteiger charge is -2.12. The van der Waals surface area contributed by atoms with Crippen molar-refractivity contribution in [1.82, 2.24) is 30.6 Å². The molecule has 12 aromatic rings. The highest BCUT2D eigenvalue weighted by Crippen LogP contribution is 2.36. The van der Waals surface area contributed by atoms with Crippen LogP contribution in [0, 0.1) is 25.5 Å². The first-order chi connectivity index (χ1) is 48.5. The van der Waals surface area contributed by atoms with E-state index in [0.29, 0.717) is 105 Å². The number of rotatable bonds is 24. The minimum Gasteiger partial charge on any atom is -0.487 e. The first-order valence-corrected chi connectivity index (χ1v) is 38.6. The zero-order valence-corrected chi connectivity index (χ0v) is 60.8. The molecule has 4 aromatic heterocycles. The fourth-order valence-corrected chi connectivity index (χ4v) is 11.9. The minimum atomic E-state index is -4.02. The minimum absolute atomic E-state index is 0. The van der Waals surface area contributed by atoms with Gasteiger partial charge in [-0.15, -0.1) is 0 Å². The number of furan rings is 2. The first kappa shape index (κ1) is 86.8. The van der Waals surface area contributed by atoms with Crippen molar-refractivity contribution < 1.29 is 80.8 Å². The summed E-state index contributed by atoms with van der Waals surface area (Å²) in [5, 5.41) is 15.1. The highest BCUT2D eigenvalue weighted by molar-refractivity contribution is 7.91. The second kappa shape index (κ2) is 39.5. The summed E-state index contributed by atoms with van der Waals surface area (Å²) in [5.74, 6) is 4.35. The number of aryl methyl sites for hydroxylation is 2. The number of ether oxygens (including phenoxy) is 2. The zero-order chi connectivity index (χ0) is 73.2. The average Bonchev–Trinajstić information content (AvgIpc) is 1.25. The molecule has 0 saturated carbocycles. The smallest absolute Gasteiger partial charge is 0.294 e. The summed E-state index contributed by atoms with van der Waals surface area (Å²) < 4.78 is 155. The Morgan fingerprint density at radius 2 is 0.840 bits per heavy atom. The molecule has 106 heavy (non-hydrogen) atoms. The summed E-state index contributed by atoms with van der Waals surface area (Å²) in [6, 6.07) is 53.9. The molecule has 0 amide bonds. The molecular weight excluding hydrogens is 1490 g/mol. The average molecular weight is 1570 g/mol. The van der Waals surface area contributed by atoms with Gasteiger partial charge in [-0.25, -0.2) is 45.6 Å². The van der Waals surface area contributed by atoms with Gasteiger partial charge in [-0.1, -0.05) is 97.7 Å². The third kappa shape index (κ3) is 27.0. The van der Waals surface area contributed by atoms with E-state index in [1.807, 2.05) is 86.6 Å². The van der Waals surface area contributed by atoms with Gasteiger partial charge in [-0.3, -0.25) is 9.11 Å². The Hall–Kier alpha value is -9.80. The fraction of sp³-hybridized carbons (Fsp3) is 0.189. The lowest BCUT2D eigenvalue weighted by atomic mass is 10.1. The van der Waals surface area contributed by atoms with Crippen LogP contribution in [0.3, 0.4) is 0 Å². The monoisotopic (exact) mass is 1570 g/mol. The van der Waals surface area contributed by atoms with Gasteiger partial charge in [0.1, 0.15) is 103 Å². The fourth-order valence-electron chi connectivity index (χ4n) is 9.47. The summed E-state index contributed by atoms with van der Waals surface area (Å²) in [6.45, 7) is 5.59. The van der Waals surface area contributed by atoms with Crippen molar-refractivity contribution in [2.45, 2.75) is 64.8 Å². The molecule has 0 bridgehead atoms. The molecule has 12 rings (SSSR count). The van der Waals surface area contributed by atoms with Gasteiger partial charge in [0.05, 0.1) is 55.5 Å². The van der Waals surface area contributed by atoms with Crippen molar-refractivity contribution in [1.29, 1.82) is 0 Å². The van der Waals surface area contributed by atoms with E-state index in [1.165, 1.54) is 73.7 Å². The molecule has 32 heteroatoms. The Kier molecular flexibility index (Phi) is 32.4. The molecule has 0 unspecified atom stereocenters. The maximum absolute atomic E-state index is 13.4. The lowest BCUT2D eigenvalue weighted by molar-refractivity contribution is 0.306. The number of sulfone groups is 2. The highest BCUT2D eigenvalue weighted by atomic mass is 35.5. The molecule has 0 aliphatic carbocycles. The van der Waals surface area contributed by atoms with Crippen LogP contribution >= 0.6 is 23.2 Å². The molecule has 0 radical (unpaired) electrons. The van der Waals surface area contributed by atoms with E-state index in [2.05, 4.69) is 41.2 Å². The van der Waals surface area contributed by atoms with E-state index in [4.69, 9.17) is 50.6 Å². The Morgan fingerprint density at radius 3 is 1.18 bits per heavy atom. The van der Waals surface area contributed by atoms with Gasteiger partial charge in [0.15, 0.2) is 0 Å². The Balaban J connectivity index is 0.000000287. The maximum Gasteiger partial charge on any atom is 0.294 e. The van der Waals surface area contributed by atoms with Crippen molar-refractivity contribution in [3.05, 3.63) is 262 Å². The van der Waals surface area contributed by atoms with E-state index >= 15 is 0 Å². The molecule has 0 spiro atoms. The van der Waals surface area contributed by atoms with Gasteiger partial charge in [0.2, 0.25) is 0 Å². The van der Waals surface area contributed by atoms with Crippen LogP contribution in [0.25, 0.3) is 44.5 Å². The van der Waals surface area contributed by atoms with Crippen LogP contribution in [0.4, 0.5) is 31.8 Å². The van der Waals surface area contributed by atoms with Crippen LogP contribution in [-0.2, 0) is 66.2 Å². The van der Waals surface area contributed by atoms with Gasteiger partial charge in [0.25, 0.3) is 20.2 Å². The summed E-state index contributed by atoms with van der Waals surface area (Å²) in [6.07, 6.45) is 5.38. The van der Waals surface area contributed by atoms with Crippen LogP contribution < -0.4 is 30.7 Å². The Labute approximate surface area is 624 Å². The normalized spacial score (nSPS) is 11.1. The molecule has 0 fully saturated rings. The van der Waals surface area contributed by atoms with Crippen LogP contribution in [0.15, 0.2) is 225 Å². The van der Waals surface area contributed by atoms with E-state index in [0.717, 1.165) is 44.1 Å². The summed E-state index contributed by atoms with van der Waals surface area (Å²) in [7, 11) is -14.1. The largest absolute Gasteiger partial charge is 0.487 e. The van der Waals surface area contributed by atoms with Crippen molar-refractivity contribution in [2.24, 2.45) is 0 Å². The molecule has 24 nitrogen and oxygen atoms in total. The molecule has 564 valence electrons. The molecule has 0 saturated heterocycles. The van der Waals surface area contributed by atoms with Crippen LogP contribution in [0.5, 0.6) is 11.5 Å². The molecule has 8 aromatic carbocycles. The summed E-state index contributed by atoms with van der Waals surface area (Å²) in [4.78, 5) is 17.5. The number of nitrogens with zero attached hydrogens (tertiary/aromatic N) is 4. The van der Waals surface area contributed by atoms with Crippen molar-refractivity contribution in [3.8, 4) is 34.1 Å². The molecule has 0 aliphatic rings. The van der Waals surface area contributed by atoms with Crippen LogP contribution in [0.1, 0.15) is 48.6 Å². The predicted molar refractivity (Wildman–Crippen MR) is 411 cm³/mol. The number of nitrogens with one attached hydrogen (secondary N) is 4. The highest BCUT2D eigenvalue weighted by Gasteiger charge is 2.16. The van der Waals surface area contributed by atoms with Crippen LogP contribution in [0.2, 0.25) is 10.0 Å². The first-order valence-electron chi connectivity index (χ1n) is 30.9. The SMILES string of the molecule is C.C.CS(=O)(=O)CCNCc1ccc(-c2ccc3ncnc(Nc4ccc(OCc5cccc(F)c5)c(Cl)c4)c3c2)o1.CS(=O)(=O)CCNCc1ccc(-c2ccc3ncnc(Nc4ccc(OCc5cccc(F)c5)c(Cl)c4)c3c2)o1.Cc1ccc(S(=O)(=O)O)cc1.Cc1ccc(S(=O)(=O)O)cc1.O.O. The van der Waals surface area contributed by atoms with E-state index in [9.17, 15) is 42.5 Å². The maximum atomic E-state index is 13.4. The number of fused-ring (bicyclic) bond motifs is 2. The Bertz CT molecular complexity index is 5050. The van der Waals surface area contributed by atoms with E-state index in [1.54, 1.807) is 72.8 Å². The standard InChI is InChI=1S/2C29H26ClFN4O4S.2C7H8O3S.2CH4.2H2O/c2*1-40(36,37)12-11-32-16-23-7-10-27(39-23)20-5-8-26-24(14-20)29(34-18-33-26)35-22-6-9-28(25(30)15-22)38-17-19-3-2-4-21(31)13-19;2*1-6-2-4-7(5-3-6)11(8,9)10;;;;/h2*2-10,13-15,18,32H,11-12,16-17H2,1H3,(H,33,34,35);2*2-5H,1H3,(H,8,9,10);2*1H4;2*1H2. The van der Waals surface area contributed by atoms with E-state index in [-0.39, 0.29) is 72.0 Å². The van der Waals surface area contributed by atoms with Gasteiger partial charge < -0.3 is 50.5 Å². The quantitative estimate of drug-likeness (QED) is 0.0242. The van der Waals surface area contributed by atoms with Gasteiger partial charge in [0, 0.05) is 58.9 Å². The van der Waals surface area contributed by atoms with E-state index < -0.39 is 39.9 Å². The van der Waals surface area contributed by atoms with Crippen LogP contribution in [-0.4, -0.2) is 111 Å². The Morgan fingerprint density at radius 1 is 0.462 bits per heavy atom. The number of hydrogen-bond acceptors (Lipinski definition) is 20. The number of halogens is 4. The predicted octanol–water partition coefficient (Wildman–Crippen LogP) is 14.4. The van der Waals surface area contributed by atoms with Gasteiger partial charge >= 0.3 is 0 Å². The second-order valence-corrected chi connectivity index (χ2v) is 31.2. The zero-order valence-electron chi connectivity index (χ0n) is 56.0.